The molecule has 0 atom stereocenters. The summed E-state index contributed by atoms with van der Waals surface area (Å²) >= 11 is 5.99. The topological polar surface area (TPSA) is 86.2 Å². The standard InChI is InChI=1S/C12H8ClN5O2/c1-7-10-11(20-16-7)15-17-18(12(10)19)14-6-8-4-2-3-5-9(8)13/h2-6H,1H3/b14-6+. The van der Waals surface area contributed by atoms with Gasteiger partial charge < -0.3 is 4.52 Å². The summed E-state index contributed by atoms with van der Waals surface area (Å²) in [5, 5.41) is 15.8. The largest absolute Gasteiger partial charge is 0.334 e. The van der Waals surface area contributed by atoms with Gasteiger partial charge in [0.2, 0.25) is 0 Å². The van der Waals surface area contributed by atoms with Crippen LogP contribution in [0.2, 0.25) is 5.02 Å². The van der Waals surface area contributed by atoms with Gasteiger partial charge in [0, 0.05) is 10.6 Å². The van der Waals surface area contributed by atoms with Crippen molar-refractivity contribution in [3.05, 3.63) is 50.9 Å². The monoisotopic (exact) mass is 289 g/mol. The van der Waals surface area contributed by atoms with Gasteiger partial charge in [0.25, 0.3) is 5.71 Å². The van der Waals surface area contributed by atoms with Crippen LogP contribution in [-0.4, -0.2) is 26.5 Å². The van der Waals surface area contributed by atoms with Gasteiger partial charge in [0.15, 0.2) is 0 Å². The van der Waals surface area contributed by atoms with Crippen molar-refractivity contribution < 1.29 is 4.52 Å². The summed E-state index contributed by atoms with van der Waals surface area (Å²) in [6, 6.07) is 7.12. The van der Waals surface area contributed by atoms with Crippen LogP contribution in [0.15, 0.2) is 38.7 Å². The minimum Gasteiger partial charge on any atom is -0.334 e. The lowest BCUT2D eigenvalue weighted by Crippen LogP contribution is -2.20. The van der Waals surface area contributed by atoms with E-state index in [9.17, 15) is 4.79 Å². The number of nitrogens with zero attached hydrogens (tertiary/aromatic N) is 5. The number of hydrogen-bond donors (Lipinski definition) is 0. The molecule has 3 rings (SSSR count). The Kier molecular flexibility index (Phi) is 3.03. The Morgan fingerprint density at radius 2 is 2.20 bits per heavy atom. The van der Waals surface area contributed by atoms with Crippen LogP contribution in [0.5, 0.6) is 0 Å². The molecule has 7 nitrogen and oxygen atoms in total. The first kappa shape index (κ1) is 12.5. The van der Waals surface area contributed by atoms with Crippen LogP contribution in [-0.2, 0) is 0 Å². The molecule has 1 aromatic carbocycles. The summed E-state index contributed by atoms with van der Waals surface area (Å²) in [5.41, 5.74) is 0.764. The zero-order valence-electron chi connectivity index (χ0n) is 10.3. The van der Waals surface area contributed by atoms with Crippen LogP contribution in [0.25, 0.3) is 11.1 Å². The minimum absolute atomic E-state index is 0.0942. The lowest BCUT2D eigenvalue weighted by atomic mass is 10.2. The fourth-order valence-corrected chi connectivity index (χ4v) is 1.85. The van der Waals surface area contributed by atoms with E-state index in [1.807, 2.05) is 6.07 Å². The molecule has 0 unspecified atom stereocenters. The van der Waals surface area contributed by atoms with Crippen molar-refractivity contribution in [3.63, 3.8) is 0 Å². The van der Waals surface area contributed by atoms with Crippen molar-refractivity contribution in [1.82, 2.24) is 20.3 Å². The third-order valence-corrected chi connectivity index (χ3v) is 3.02. The van der Waals surface area contributed by atoms with Crippen LogP contribution in [0.3, 0.4) is 0 Å². The van der Waals surface area contributed by atoms with Crippen LogP contribution in [0.1, 0.15) is 11.3 Å². The minimum atomic E-state index is -0.447. The number of hydrogen-bond acceptors (Lipinski definition) is 6. The Hall–Kier alpha value is -2.54. The Morgan fingerprint density at radius 1 is 1.40 bits per heavy atom. The normalized spacial score (nSPS) is 11.5. The van der Waals surface area contributed by atoms with E-state index in [-0.39, 0.29) is 11.1 Å². The number of aromatic nitrogens is 4. The van der Waals surface area contributed by atoms with Gasteiger partial charge in [-0.2, -0.15) is 5.10 Å². The molecule has 0 fully saturated rings. The molecule has 0 aliphatic carbocycles. The smallest absolute Gasteiger partial charge is 0.304 e. The Labute approximate surface area is 117 Å². The van der Waals surface area contributed by atoms with Gasteiger partial charge in [-0.1, -0.05) is 44.8 Å². The summed E-state index contributed by atoms with van der Waals surface area (Å²) in [7, 11) is 0. The van der Waals surface area contributed by atoms with E-state index in [2.05, 4.69) is 20.6 Å². The Morgan fingerprint density at radius 3 is 3.00 bits per heavy atom. The van der Waals surface area contributed by atoms with Crippen molar-refractivity contribution in [2.45, 2.75) is 6.92 Å². The third-order valence-electron chi connectivity index (χ3n) is 2.67. The third kappa shape index (κ3) is 2.08. The zero-order valence-corrected chi connectivity index (χ0v) is 11.1. The zero-order chi connectivity index (χ0) is 14.1. The first-order valence-corrected chi connectivity index (χ1v) is 6.05. The average molecular weight is 290 g/mol. The first-order chi connectivity index (χ1) is 9.66. The predicted octanol–water partition coefficient (Wildman–Crippen LogP) is 1.62. The number of aryl methyl sites for hydroxylation is 1. The molecule has 0 saturated heterocycles. The summed E-state index contributed by atoms with van der Waals surface area (Å²) in [4.78, 5) is 13.0. The van der Waals surface area contributed by atoms with Gasteiger partial charge in [-0.3, -0.25) is 4.79 Å². The van der Waals surface area contributed by atoms with E-state index in [0.717, 1.165) is 4.79 Å². The second-order valence-corrected chi connectivity index (χ2v) is 4.41. The van der Waals surface area contributed by atoms with E-state index in [1.54, 1.807) is 25.1 Å². The highest BCUT2D eigenvalue weighted by atomic mass is 35.5. The second kappa shape index (κ2) is 4.86. The molecular weight excluding hydrogens is 282 g/mol. The summed E-state index contributed by atoms with van der Waals surface area (Å²) < 4.78 is 4.86. The second-order valence-electron chi connectivity index (χ2n) is 4.00. The fraction of sp³-hybridized carbons (Fsp3) is 0.0833. The van der Waals surface area contributed by atoms with E-state index in [0.29, 0.717) is 16.3 Å². The van der Waals surface area contributed by atoms with Crippen molar-refractivity contribution in [3.8, 4) is 0 Å². The number of benzene rings is 1. The number of fused-ring (bicyclic) bond motifs is 1. The summed E-state index contributed by atoms with van der Waals surface area (Å²) in [6.07, 6.45) is 1.44. The van der Waals surface area contributed by atoms with Crippen LogP contribution < -0.4 is 5.56 Å². The van der Waals surface area contributed by atoms with Crippen LogP contribution in [0, 0.1) is 6.92 Å². The van der Waals surface area contributed by atoms with E-state index < -0.39 is 5.56 Å². The molecule has 0 amide bonds. The van der Waals surface area contributed by atoms with Gasteiger partial charge in [-0.05, 0) is 18.2 Å². The van der Waals surface area contributed by atoms with Crippen molar-refractivity contribution >= 4 is 28.9 Å². The summed E-state index contributed by atoms with van der Waals surface area (Å²) in [6.45, 7) is 1.65. The maximum atomic E-state index is 12.1. The number of halogens is 1. The van der Waals surface area contributed by atoms with Gasteiger partial charge in [0.1, 0.15) is 5.39 Å². The van der Waals surface area contributed by atoms with Crippen molar-refractivity contribution in [2.24, 2.45) is 5.10 Å². The molecular formula is C12H8ClN5O2. The molecule has 0 radical (unpaired) electrons. The molecule has 2 heterocycles. The molecule has 2 aromatic heterocycles. The fourth-order valence-electron chi connectivity index (χ4n) is 1.67. The van der Waals surface area contributed by atoms with Crippen LogP contribution in [0.4, 0.5) is 0 Å². The predicted molar refractivity (Wildman–Crippen MR) is 73.0 cm³/mol. The number of rotatable bonds is 2. The molecule has 0 saturated carbocycles. The molecule has 0 bridgehead atoms. The maximum absolute atomic E-state index is 12.1. The van der Waals surface area contributed by atoms with Gasteiger partial charge >= 0.3 is 5.56 Å². The van der Waals surface area contributed by atoms with Crippen LogP contribution >= 0.6 is 11.6 Å². The van der Waals surface area contributed by atoms with Gasteiger partial charge in [0.05, 0.1) is 11.9 Å². The Balaban J connectivity index is 2.08. The lowest BCUT2D eigenvalue weighted by Gasteiger charge is -1.97. The van der Waals surface area contributed by atoms with E-state index in [4.69, 9.17) is 16.1 Å². The van der Waals surface area contributed by atoms with E-state index in [1.165, 1.54) is 6.21 Å². The molecule has 8 heteroatoms. The highest BCUT2D eigenvalue weighted by Crippen LogP contribution is 2.12. The molecule has 0 N–H and O–H groups in total. The van der Waals surface area contributed by atoms with E-state index >= 15 is 0 Å². The maximum Gasteiger partial charge on any atom is 0.304 e. The molecule has 100 valence electrons. The molecule has 0 spiro atoms. The highest BCUT2D eigenvalue weighted by molar-refractivity contribution is 6.33. The first-order valence-electron chi connectivity index (χ1n) is 5.67. The highest BCUT2D eigenvalue weighted by Gasteiger charge is 2.12. The van der Waals surface area contributed by atoms with Gasteiger partial charge in [-0.15, -0.1) is 0 Å². The van der Waals surface area contributed by atoms with Crippen molar-refractivity contribution in [2.75, 3.05) is 0 Å². The summed E-state index contributed by atoms with van der Waals surface area (Å²) in [5.74, 6) is 0. The molecule has 20 heavy (non-hydrogen) atoms. The van der Waals surface area contributed by atoms with Gasteiger partial charge in [-0.25, -0.2) is 0 Å². The average Bonchev–Trinajstić information content (AvgIpc) is 2.82. The molecule has 3 aromatic rings. The lowest BCUT2D eigenvalue weighted by molar-refractivity contribution is 0.436. The molecule has 0 aliphatic heterocycles. The molecule has 0 aliphatic rings. The Bertz CT molecular complexity index is 868. The van der Waals surface area contributed by atoms with Crippen molar-refractivity contribution in [1.29, 1.82) is 0 Å². The quantitative estimate of drug-likeness (QED) is 0.669. The SMILES string of the molecule is Cc1noc2nnn(/N=C/c3ccccc3Cl)c(=O)c12.